The van der Waals surface area contributed by atoms with Crippen LogP contribution in [0.5, 0.6) is 5.75 Å². The van der Waals surface area contributed by atoms with E-state index in [0.29, 0.717) is 24.6 Å². The first-order chi connectivity index (χ1) is 7.20. The van der Waals surface area contributed by atoms with Crippen LogP contribution < -0.4 is 15.4 Å². The Morgan fingerprint density at radius 2 is 2.07 bits per heavy atom. The highest BCUT2D eigenvalue weighted by Gasteiger charge is 2.14. The van der Waals surface area contributed by atoms with Gasteiger partial charge in [-0.15, -0.1) is 0 Å². The summed E-state index contributed by atoms with van der Waals surface area (Å²) >= 11 is 0. The van der Waals surface area contributed by atoms with E-state index in [2.05, 4.69) is 0 Å². The highest BCUT2D eigenvalue weighted by Crippen LogP contribution is 2.27. The van der Waals surface area contributed by atoms with Crippen molar-refractivity contribution in [3.8, 4) is 5.75 Å². The average Bonchev–Trinajstić information content (AvgIpc) is 2.21. The van der Waals surface area contributed by atoms with Crippen LogP contribution in [0.4, 0.5) is 10.5 Å². The minimum absolute atomic E-state index is 0.468. The lowest BCUT2D eigenvalue weighted by molar-refractivity contribution is 0.253. The Morgan fingerprint density at radius 3 is 2.60 bits per heavy atom. The molecule has 0 unspecified atom stereocenters. The first-order valence-electron chi connectivity index (χ1n) is 4.99. The molecule has 0 aliphatic heterocycles. The average molecular weight is 208 g/mol. The Bertz CT molecular complexity index is 339. The minimum Gasteiger partial charge on any atom is -0.492 e. The number of carbonyl (C=O) groups is 1. The first-order valence-corrected chi connectivity index (χ1v) is 4.99. The molecule has 1 aromatic rings. The lowest BCUT2D eigenvalue weighted by atomic mass is 10.2. The lowest BCUT2D eigenvalue weighted by Gasteiger charge is -2.21. The molecule has 0 atom stereocenters. The van der Waals surface area contributed by atoms with E-state index >= 15 is 0 Å². The van der Waals surface area contributed by atoms with E-state index in [1.165, 1.54) is 4.90 Å². The van der Waals surface area contributed by atoms with E-state index in [0.717, 1.165) is 0 Å². The number of benzene rings is 1. The maximum Gasteiger partial charge on any atom is 0.319 e. The maximum atomic E-state index is 11.2. The number of carbonyl (C=O) groups excluding carboxylic acids is 1. The van der Waals surface area contributed by atoms with Crippen molar-refractivity contribution in [2.75, 3.05) is 18.1 Å². The van der Waals surface area contributed by atoms with Crippen LogP contribution >= 0.6 is 0 Å². The van der Waals surface area contributed by atoms with Crippen LogP contribution in [-0.2, 0) is 0 Å². The van der Waals surface area contributed by atoms with Gasteiger partial charge in [-0.3, -0.25) is 4.90 Å². The van der Waals surface area contributed by atoms with E-state index in [1.807, 2.05) is 38.1 Å². The Morgan fingerprint density at radius 1 is 1.40 bits per heavy atom. The highest BCUT2D eigenvalue weighted by atomic mass is 16.5. The van der Waals surface area contributed by atoms with Crippen molar-refractivity contribution in [3.63, 3.8) is 0 Å². The van der Waals surface area contributed by atoms with Gasteiger partial charge in [0.25, 0.3) is 0 Å². The highest BCUT2D eigenvalue weighted by molar-refractivity contribution is 5.92. The van der Waals surface area contributed by atoms with Gasteiger partial charge in [0.2, 0.25) is 0 Å². The van der Waals surface area contributed by atoms with E-state index in [1.54, 1.807) is 0 Å². The van der Waals surface area contributed by atoms with Crippen molar-refractivity contribution >= 4 is 11.7 Å². The van der Waals surface area contributed by atoms with Crippen LogP contribution in [0.3, 0.4) is 0 Å². The number of para-hydroxylation sites is 2. The number of rotatable bonds is 4. The van der Waals surface area contributed by atoms with Gasteiger partial charge in [0.15, 0.2) is 0 Å². The molecule has 0 radical (unpaired) electrons. The first kappa shape index (κ1) is 11.4. The summed E-state index contributed by atoms with van der Waals surface area (Å²) in [6.45, 7) is 4.86. The van der Waals surface area contributed by atoms with Gasteiger partial charge >= 0.3 is 6.03 Å². The summed E-state index contributed by atoms with van der Waals surface area (Å²) in [6, 6.07) is 6.89. The van der Waals surface area contributed by atoms with Crippen LogP contribution in [0.15, 0.2) is 24.3 Å². The van der Waals surface area contributed by atoms with Crippen LogP contribution in [0.25, 0.3) is 0 Å². The van der Waals surface area contributed by atoms with Gasteiger partial charge in [0.05, 0.1) is 12.3 Å². The summed E-state index contributed by atoms with van der Waals surface area (Å²) in [6.07, 6.45) is 0. The molecule has 0 bridgehead atoms. The number of hydrogen-bond acceptors (Lipinski definition) is 2. The van der Waals surface area contributed by atoms with Crippen LogP contribution in [0.1, 0.15) is 13.8 Å². The quantitative estimate of drug-likeness (QED) is 0.822. The molecule has 15 heavy (non-hydrogen) atoms. The predicted molar refractivity (Wildman–Crippen MR) is 60.2 cm³/mol. The lowest BCUT2D eigenvalue weighted by Crippen LogP contribution is -2.35. The van der Waals surface area contributed by atoms with E-state index in [-0.39, 0.29) is 0 Å². The monoisotopic (exact) mass is 208 g/mol. The fraction of sp³-hybridized carbons (Fsp3) is 0.364. The van der Waals surface area contributed by atoms with Crippen molar-refractivity contribution in [3.05, 3.63) is 24.3 Å². The Kier molecular flexibility index (Phi) is 3.97. The second-order valence-corrected chi connectivity index (χ2v) is 2.98. The molecule has 0 heterocycles. The van der Waals surface area contributed by atoms with Crippen LogP contribution in [0.2, 0.25) is 0 Å². The third-order valence-electron chi connectivity index (χ3n) is 2.04. The summed E-state index contributed by atoms with van der Waals surface area (Å²) < 4.78 is 5.42. The minimum atomic E-state index is -0.468. The van der Waals surface area contributed by atoms with E-state index < -0.39 is 6.03 Å². The Hall–Kier alpha value is -1.71. The molecule has 0 fully saturated rings. The number of ether oxygens (including phenoxy) is 1. The summed E-state index contributed by atoms with van der Waals surface area (Å²) in [5, 5.41) is 0. The molecule has 4 heteroatoms. The van der Waals surface area contributed by atoms with E-state index in [4.69, 9.17) is 10.5 Å². The molecule has 0 spiro atoms. The zero-order chi connectivity index (χ0) is 11.3. The van der Waals surface area contributed by atoms with Crippen molar-refractivity contribution in [2.24, 2.45) is 5.73 Å². The SMILES string of the molecule is CCOc1ccccc1N(CC)C(N)=O. The van der Waals surface area contributed by atoms with Gasteiger partial charge in [0.1, 0.15) is 5.75 Å². The molecule has 2 N–H and O–H groups in total. The second kappa shape index (κ2) is 5.24. The van der Waals surface area contributed by atoms with Gasteiger partial charge < -0.3 is 10.5 Å². The number of nitrogens with zero attached hydrogens (tertiary/aromatic N) is 1. The van der Waals surface area contributed by atoms with E-state index in [9.17, 15) is 4.79 Å². The topological polar surface area (TPSA) is 55.6 Å². The molecule has 1 rings (SSSR count). The molecular formula is C11H16N2O2. The third kappa shape index (κ3) is 2.62. The van der Waals surface area contributed by atoms with Crippen LogP contribution in [-0.4, -0.2) is 19.2 Å². The molecule has 0 aliphatic carbocycles. The normalized spacial score (nSPS) is 9.73. The number of primary amides is 1. The Labute approximate surface area is 89.6 Å². The zero-order valence-corrected chi connectivity index (χ0v) is 9.06. The summed E-state index contributed by atoms with van der Waals surface area (Å²) in [5.74, 6) is 0.681. The zero-order valence-electron chi connectivity index (χ0n) is 9.06. The molecule has 0 aromatic heterocycles. The fourth-order valence-corrected chi connectivity index (χ4v) is 1.40. The Balaban J connectivity index is 3.04. The molecular weight excluding hydrogens is 192 g/mol. The van der Waals surface area contributed by atoms with Crippen LogP contribution in [0, 0.1) is 0 Å². The summed E-state index contributed by atoms with van der Waals surface area (Å²) in [7, 11) is 0. The standard InChI is InChI=1S/C11H16N2O2/c1-3-13(11(12)14)9-7-5-6-8-10(9)15-4-2/h5-8H,3-4H2,1-2H3,(H2,12,14). The van der Waals surface area contributed by atoms with Crippen molar-refractivity contribution in [1.29, 1.82) is 0 Å². The predicted octanol–water partition coefficient (Wildman–Crippen LogP) is 1.99. The molecule has 0 saturated carbocycles. The number of urea groups is 1. The maximum absolute atomic E-state index is 11.2. The third-order valence-corrected chi connectivity index (χ3v) is 2.04. The van der Waals surface area contributed by atoms with Gasteiger partial charge in [-0.05, 0) is 26.0 Å². The number of nitrogens with two attached hydrogens (primary N) is 1. The number of anilines is 1. The molecule has 4 nitrogen and oxygen atoms in total. The summed E-state index contributed by atoms with van der Waals surface area (Å²) in [4.78, 5) is 12.7. The molecule has 0 saturated heterocycles. The molecule has 0 aliphatic rings. The van der Waals surface area contributed by atoms with Gasteiger partial charge in [-0.2, -0.15) is 0 Å². The van der Waals surface area contributed by atoms with Gasteiger partial charge in [-0.1, -0.05) is 12.1 Å². The molecule has 82 valence electrons. The largest absolute Gasteiger partial charge is 0.492 e. The molecule has 2 amide bonds. The van der Waals surface area contributed by atoms with Crippen molar-refractivity contribution < 1.29 is 9.53 Å². The second-order valence-electron chi connectivity index (χ2n) is 2.98. The van der Waals surface area contributed by atoms with Crippen molar-refractivity contribution in [2.45, 2.75) is 13.8 Å². The van der Waals surface area contributed by atoms with Crippen molar-refractivity contribution in [1.82, 2.24) is 0 Å². The van der Waals surface area contributed by atoms with Gasteiger partial charge in [-0.25, -0.2) is 4.79 Å². The number of amides is 2. The number of hydrogen-bond donors (Lipinski definition) is 1. The molecule has 1 aromatic carbocycles. The smallest absolute Gasteiger partial charge is 0.319 e. The summed E-state index contributed by atoms with van der Waals surface area (Å²) in [5.41, 5.74) is 5.99. The van der Waals surface area contributed by atoms with Gasteiger partial charge in [0, 0.05) is 6.54 Å². The fourth-order valence-electron chi connectivity index (χ4n) is 1.40.